The molecule has 2 rings (SSSR count). The molecule has 0 aliphatic heterocycles. The summed E-state index contributed by atoms with van der Waals surface area (Å²) in [7, 11) is 1.64. The molecule has 0 aliphatic carbocycles. The van der Waals surface area contributed by atoms with Gasteiger partial charge >= 0.3 is 5.69 Å². The maximum absolute atomic E-state index is 11.2. The minimum Gasteiger partial charge on any atom is -0.357 e. The summed E-state index contributed by atoms with van der Waals surface area (Å²) in [5, 5.41) is 17.4. The third-order valence-electron chi connectivity index (χ3n) is 2.93. The predicted octanol–water partition coefficient (Wildman–Crippen LogP) is 3.44. The van der Waals surface area contributed by atoms with Crippen LogP contribution in [0.4, 0.5) is 23.1 Å². The van der Waals surface area contributed by atoms with E-state index in [0.717, 1.165) is 5.56 Å². The molecule has 2 aromatic rings. The lowest BCUT2D eigenvalue weighted by molar-refractivity contribution is -0.385. The third kappa shape index (κ3) is 3.03. The van der Waals surface area contributed by atoms with Gasteiger partial charge in [0, 0.05) is 7.05 Å². The van der Waals surface area contributed by atoms with Crippen molar-refractivity contribution in [2.24, 2.45) is 0 Å². The van der Waals surface area contributed by atoms with Crippen molar-refractivity contribution in [1.29, 1.82) is 0 Å². The van der Waals surface area contributed by atoms with Crippen LogP contribution in [-0.2, 0) is 0 Å². The summed E-state index contributed by atoms with van der Waals surface area (Å²) in [6.45, 7) is 3.42. The van der Waals surface area contributed by atoms with Crippen LogP contribution in [0.1, 0.15) is 11.3 Å². The van der Waals surface area contributed by atoms with Gasteiger partial charge in [0.05, 0.1) is 15.6 Å². The molecule has 0 amide bonds. The standard InChI is InChI=1S/C13H14ClN5O2/c1-7-5-4-6-9(14)10(7)17-12-11(19(20)21)8(2)16-13(15-3)18-12/h4-6H,1-3H3,(H2,15,16,17,18). The lowest BCUT2D eigenvalue weighted by Gasteiger charge is -2.12. The number of nitro groups is 1. The summed E-state index contributed by atoms with van der Waals surface area (Å²) >= 11 is 6.13. The van der Waals surface area contributed by atoms with E-state index in [1.54, 1.807) is 20.0 Å². The second kappa shape index (κ2) is 5.92. The quantitative estimate of drug-likeness (QED) is 0.664. The Morgan fingerprint density at radius 3 is 2.57 bits per heavy atom. The number of aryl methyl sites for hydroxylation is 2. The van der Waals surface area contributed by atoms with Crippen molar-refractivity contribution in [1.82, 2.24) is 9.97 Å². The van der Waals surface area contributed by atoms with Gasteiger partial charge in [-0.05, 0) is 25.5 Å². The summed E-state index contributed by atoms with van der Waals surface area (Å²) in [5.74, 6) is 0.401. The number of benzene rings is 1. The normalized spacial score (nSPS) is 10.3. The van der Waals surface area contributed by atoms with Crippen molar-refractivity contribution in [3.63, 3.8) is 0 Å². The first-order valence-corrected chi connectivity index (χ1v) is 6.54. The van der Waals surface area contributed by atoms with E-state index in [1.165, 1.54) is 0 Å². The molecule has 21 heavy (non-hydrogen) atoms. The molecule has 1 aromatic carbocycles. The molecule has 0 atom stereocenters. The fraction of sp³-hybridized carbons (Fsp3) is 0.231. The molecule has 1 aromatic heterocycles. The Balaban J connectivity index is 2.57. The number of hydrogen-bond acceptors (Lipinski definition) is 6. The van der Waals surface area contributed by atoms with E-state index in [2.05, 4.69) is 20.6 Å². The van der Waals surface area contributed by atoms with Gasteiger partial charge in [0.15, 0.2) is 0 Å². The molecule has 8 heteroatoms. The zero-order valence-electron chi connectivity index (χ0n) is 11.8. The third-order valence-corrected chi connectivity index (χ3v) is 3.24. The Hall–Kier alpha value is -2.41. The molecule has 7 nitrogen and oxygen atoms in total. The van der Waals surface area contributed by atoms with Crippen molar-refractivity contribution < 1.29 is 4.92 Å². The Morgan fingerprint density at radius 2 is 2.00 bits per heavy atom. The fourth-order valence-electron chi connectivity index (χ4n) is 1.89. The minimum absolute atomic E-state index is 0.105. The highest BCUT2D eigenvalue weighted by molar-refractivity contribution is 6.33. The summed E-state index contributed by atoms with van der Waals surface area (Å²) < 4.78 is 0. The lowest BCUT2D eigenvalue weighted by Crippen LogP contribution is -2.07. The molecule has 0 spiro atoms. The van der Waals surface area contributed by atoms with Gasteiger partial charge in [-0.1, -0.05) is 23.7 Å². The van der Waals surface area contributed by atoms with E-state index in [0.29, 0.717) is 16.7 Å². The molecular formula is C13H14ClN5O2. The van der Waals surface area contributed by atoms with Crippen LogP contribution in [0, 0.1) is 24.0 Å². The van der Waals surface area contributed by atoms with E-state index in [1.807, 2.05) is 19.1 Å². The first kappa shape index (κ1) is 15.0. The molecule has 0 bridgehead atoms. The van der Waals surface area contributed by atoms with E-state index in [9.17, 15) is 10.1 Å². The summed E-state index contributed by atoms with van der Waals surface area (Å²) in [6.07, 6.45) is 0. The molecule has 0 radical (unpaired) electrons. The van der Waals surface area contributed by atoms with E-state index >= 15 is 0 Å². The van der Waals surface area contributed by atoms with Gasteiger partial charge in [0.25, 0.3) is 0 Å². The molecule has 0 saturated heterocycles. The van der Waals surface area contributed by atoms with Crippen LogP contribution in [0.25, 0.3) is 0 Å². The summed E-state index contributed by atoms with van der Waals surface area (Å²) in [6, 6.07) is 5.37. The van der Waals surface area contributed by atoms with Gasteiger partial charge in [0.1, 0.15) is 5.69 Å². The Kier molecular flexibility index (Phi) is 4.23. The maximum atomic E-state index is 11.2. The highest BCUT2D eigenvalue weighted by Crippen LogP contribution is 2.33. The monoisotopic (exact) mass is 307 g/mol. The SMILES string of the molecule is CNc1nc(C)c([N+](=O)[O-])c(Nc2c(C)cccc2Cl)n1. The Labute approximate surface area is 126 Å². The lowest BCUT2D eigenvalue weighted by atomic mass is 10.2. The predicted molar refractivity (Wildman–Crippen MR) is 82.4 cm³/mol. The number of halogens is 1. The summed E-state index contributed by atoms with van der Waals surface area (Å²) in [5.41, 5.74) is 1.54. The fourth-order valence-corrected chi connectivity index (χ4v) is 2.16. The topological polar surface area (TPSA) is 93.0 Å². The molecule has 2 N–H and O–H groups in total. The number of rotatable bonds is 4. The molecule has 0 fully saturated rings. The van der Waals surface area contributed by atoms with E-state index < -0.39 is 4.92 Å². The second-order valence-electron chi connectivity index (χ2n) is 4.39. The molecule has 0 saturated carbocycles. The van der Waals surface area contributed by atoms with Crippen LogP contribution in [0.5, 0.6) is 0 Å². The Bertz CT molecular complexity index is 685. The van der Waals surface area contributed by atoms with Crippen LogP contribution in [0.2, 0.25) is 5.02 Å². The second-order valence-corrected chi connectivity index (χ2v) is 4.80. The van der Waals surface area contributed by atoms with E-state index in [4.69, 9.17) is 11.6 Å². The highest BCUT2D eigenvalue weighted by atomic mass is 35.5. The van der Waals surface area contributed by atoms with Gasteiger partial charge in [-0.3, -0.25) is 10.1 Å². The van der Waals surface area contributed by atoms with Crippen molar-refractivity contribution >= 4 is 34.7 Å². The zero-order valence-corrected chi connectivity index (χ0v) is 12.5. The number of nitrogens with one attached hydrogen (secondary N) is 2. The van der Waals surface area contributed by atoms with Crippen LogP contribution < -0.4 is 10.6 Å². The largest absolute Gasteiger partial charge is 0.357 e. The zero-order chi connectivity index (χ0) is 15.6. The number of hydrogen-bond donors (Lipinski definition) is 2. The average Bonchev–Trinajstić information content (AvgIpc) is 2.42. The molecular weight excluding hydrogens is 294 g/mol. The molecule has 0 aliphatic rings. The maximum Gasteiger partial charge on any atom is 0.332 e. The number of aromatic nitrogens is 2. The number of anilines is 3. The number of para-hydroxylation sites is 1. The van der Waals surface area contributed by atoms with Crippen molar-refractivity contribution in [2.75, 3.05) is 17.7 Å². The van der Waals surface area contributed by atoms with Crippen LogP contribution in [-0.4, -0.2) is 21.9 Å². The van der Waals surface area contributed by atoms with Crippen molar-refractivity contribution in [2.45, 2.75) is 13.8 Å². The minimum atomic E-state index is -0.511. The van der Waals surface area contributed by atoms with Crippen molar-refractivity contribution in [3.8, 4) is 0 Å². The van der Waals surface area contributed by atoms with Gasteiger partial charge in [-0.2, -0.15) is 4.98 Å². The van der Waals surface area contributed by atoms with Crippen molar-refractivity contribution in [3.05, 3.63) is 44.6 Å². The van der Waals surface area contributed by atoms with E-state index in [-0.39, 0.29) is 17.2 Å². The molecule has 0 unspecified atom stereocenters. The smallest absolute Gasteiger partial charge is 0.332 e. The Morgan fingerprint density at radius 1 is 1.29 bits per heavy atom. The van der Waals surface area contributed by atoms with Crippen LogP contribution in [0.15, 0.2) is 18.2 Å². The van der Waals surface area contributed by atoms with Gasteiger partial charge in [-0.15, -0.1) is 0 Å². The highest BCUT2D eigenvalue weighted by Gasteiger charge is 2.23. The first-order valence-electron chi connectivity index (χ1n) is 6.17. The van der Waals surface area contributed by atoms with Gasteiger partial charge in [0.2, 0.25) is 11.8 Å². The molecule has 110 valence electrons. The average molecular weight is 308 g/mol. The van der Waals surface area contributed by atoms with Crippen LogP contribution >= 0.6 is 11.6 Å². The summed E-state index contributed by atoms with van der Waals surface area (Å²) in [4.78, 5) is 18.9. The molecule has 1 heterocycles. The van der Waals surface area contributed by atoms with Crippen LogP contribution in [0.3, 0.4) is 0 Å². The van der Waals surface area contributed by atoms with Gasteiger partial charge < -0.3 is 10.6 Å². The number of nitrogens with zero attached hydrogens (tertiary/aromatic N) is 3. The first-order chi connectivity index (χ1) is 9.93. The van der Waals surface area contributed by atoms with Gasteiger partial charge in [-0.25, -0.2) is 4.98 Å².